The number of nitrogens with one attached hydrogen (secondary N) is 1. The van der Waals surface area contributed by atoms with E-state index in [-0.39, 0.29) is 0 Å². The van der Waals surface area contributed by atoms with E-state index in [1.165, 1.54) is 16.7 Å². The molecule has 0 unspecified atom stereocenters. The lowest BCUT2D eigenvalue weighted by Gasteiger charge is -2.09. The maximum absolute atomic E-state index is 6.10. The lowest BCUT2D eigenvalue weighted by atomic mass is 10.0. The number of aromatic nitrogens is 2. The van der Waals surface area contributed by atoms with Crippen molar-refractivity contribution < 1.29 is 0 Å². The summed E-state index contributed by atoms with van der Waals surface area (Å²) in [4.78, 5) is 8.63. The summed E-state index contributed by atoms with van der Waals surface area (Å²) in [6.45, 7) is 0.795. The van der Waals surface area contributed by atoms with Crippen molar-refractivity contribution in [2.45, 2.75) is 6.42 Å². The van der Waals surface area contributed by atoms with Gasteiger partial charge in [0.2, 0.25) is 0 Å². The highest BCUT2D eigenvalue weighted by atomic mass is 35.5. The van der Waals surface area contributed by atoms with Crippen molar-refractivity contribution in [1.29, 1.82) is 0 Å². The minimum Gasteiger partial charge on any atom is -0.369 e. The fourth-order valence-corrected chi connectivity index (χ4v) is 3.16. The third-order valence-corrected chi connectivity index (χ3v) is 4.60. The van der Waals surface area contributed by atoms with Crippen LogP contribution in [0.5, 0.6) is 0 Å². The summed E-state index contributed by atoms with van der Waals surface area (Å²) in [7, 11) is 0. The molecule has 128 valence electrons. The van der Waals surface area contributed by atoms with Gasteiger partial charge in [0.15, 0.2) is 0 Å². The molecule has 0 radical (unpaired) electrons. The van der Waals surface area contributed by atoms with Crippen molar-refractivity contribution in [3.8, 4) is 11.1 Å². The van der Waals surface area contributed by atoms with Gasteiger partial charge in [-0.05, 0) is 41.3 Å². The molecular weight excluding hydrogens is 342 g/mol. The van der Waals surface area contributed by atoms with Gasteiger partial charge in [-0.25, -0.2) is 9.97 Å². The number of anilines is 1. The Morgan fingerprint density at radius 3 is 2.38 bits per heavy atom. The molecule has 1 heterocycles. The average molecular weight is 360 g/mol. The summed E-state index contributed by atoms with van der Waals surface area (Å²) in [6, 6.07) is 24.8. The van der Waals surface area contributed by atoms with Crippen molar-refractivity contribution in [3.63, 3.8) is 0 Å². The minimum absolute atomic E-state index is 0.687. The standard InChI is InChI=1S/C22H18ClN3/c23-19-10-11-21-20(14-19)22(26-15-25-21)24-13-12-16-6-8-18(9-7-16)17-4-2-1-3-5-17/h1-11,14-15H,12-13H2,(H,24,25,26). The molecule has 0 aliphatic carbocycles. The molecule has 0 fully saturated rings. The second-order valence-electron chi connectivity index (χ2n) is 6.12. The van der Waals surface area contributed by atoms with E-state index < -0.39 is 0 Å². The van der Waals surface area contributed by atoms with Crippen LogP contribution in [-0.4, -0.2) is 16.5 Å². The number of halogens is 1. The van der Waals surface area contributed by atoms with Gasteiger partial charge in [0.25, 0.3) is 0 Å². The Balaban J connectivity index is 1.43. The van der Waals surface area contributed by atoms with Gasteiger partial charge in [-0.1, -0.05) is 66.2 Å². The smallest absolute Gasteiger partial charge is 0.137 e. The maximum Gasteiger partial charge on any atom is 0.137 e. The zero-order chi connectivity index (χ0) is 17.8. The molecule has 0 aliphatic rings. The molecule has 0 spiro atoms. The van der Waals surface area contributed by atoms with E-state index in [9.17, 15) is 0 Å². The zero-order valence-electron chi connectivity index (χ0n) is 14.2. The monoisotopic (exact) mass is 359 g/mol. The van der Waals surface area contributed by atoms with E-state index in [1.54, 1.807) is 6.33 Å². The number of fused-ring (bicyclic) bond motifs is 1. The highest BCUT2D eigenvalue weighted by molar-refractivity contribution is 6.31. The molecule has 4 heteroatoms. The Bertz CT molecular complexity index is 1010. The zero-order valence-corrected chi connectivity index (χ0v) is 14.9. The van der Waals surface area contributed by atoms with Crippen LogP contribution in [0.4, 0.5) is 5.82 Å². The van der Waals surface area contributed by atoms with Gasteiger partial charge in [0.1, 0.15) is 12.1 Å². The van der Waals surface area contributed by atoms with E-state index in [4.69, 9.17) is 11.6 Å². The molecule has 1 aromatic heterocycles. The molecule has 0 bridgehead atoms. The fourth-order valence-electron chi connectivity index (χ4n) is 2.99. The molecule has 1 N–H and O–H groups in total. The molecule has 3 nitrogen and oxygen atoms in total. The summed E-state index contributed by atoms with van der Waals surface area (Å²) in [5.74, 6) is 0.818. The van der Waals surface area contributed by atoms with Crippen LogP contribution in [0.2, 0.25) is 5.02 Å². The van der Waals surface area contributed by atoms with Gasteiger partial charge >= 0.3 is 0 Å². The first kappa shape index (κ1) is 16.6. The number of hydrogen-bond acceptors (Lipinski definition) is 3. The molecule has 26 heavy (non-hydrogen) atoms. The molecule has 3 aromatic carbocycles. The van der Waals surface area contributed by atoms with Gasteiger partial charge in [0.05, 0.1) is 5.52 Å². The Morgan fingerprint density at radius 1 is 0.808 bits per heavy atom. The second kappa shape index (κ2) is 7.54. The lowest BCUT2D eigenvalue weighted by Crippen LogP contribution is -2.07. The molecule has 0 saturated heterocycles. The van der Waals surface area contributed by atoms with Crippen LogP contribution in [0.15, 0.2) is 79.1 Å². The van der Waals surface area contributed by atoms with Crippen LogP contribution in [0.1, 0.15) is 5.56 Å². The van der Waals surface area contributed by atoms with Gasteiger partial charge in [-0.3, -0.25) is 0 Å². The first-order valence-electron chi connectivity index (χ1n) is 8.58. The predicted octanol–water partition coefficient (Wildman–Crippen LogP) is 5.60. The van der Waals surface area contributed by atoms with Gasteiger partial charge < -0.3 is 5.32 Å². The SMILES string of the molecule is Clc1ccc2ncnc(NCCc3ccc(-c4ccccc4)cc3)c2c1. The summed E-state index contributed by atoms with van der Waals surface area (Å²) in [5, 5.41) is 5.03. The highest BCUT2D eigenvalue weighted by Gasteiger charge is 2.04. The summed E-state index contributed by atoms with van der Waals surface area (Å²) >= 11 is 6.10. The Hall–Kier alpha value is -2.91. The quantitative estimate of drug-likeness (QED) is 0.503. The van der Waals surface area contributed by atoms with Crippen LogP contribution in [0, 0.1) is 0 Å². The normalized spacial score (nSPS) is 10.8. The second-order valence-corrected chi connectivity index (χ2v) is 6.56. The first-order valence-corrected chi connectivity index (χ1v) is 8.96. The summed E-state index contributed by atoms with van der Waals surface area (Å²) in [5.41, 5.74) is 4.65. The van der Waals surface area contributed by atoms with E-state index in [0.717, 1.165) is 29.7 Å². The van der Waals surface area contributed by atoms with E-state index in [1.807, 2.05) is 24.3 Å². The number of benzene rings is 3. The lowest BCUT2D eigenvalue weighted by molar-refractivity contribution is 1.01. The Morgan fingerprint density at radius 2 is 1.58 bits per heavy atom. The first-order chi connectivity index (χ1) is 12.8. The summed E-state index contributed by atoms with van der Waals surface area (Å²) in [6.07, 6.45) is 2.49. The average Bonchev–Trinajstić information content (AvgIpc) is 2.69. The van der Waals surface area contributed by atoms with E-state index in [2.05, 4.69) is 63.8 Å². The maximum atomic E-state index is 6.10. The Labute approximate surface area is 157 Å². The number of nitrogens with zero attached hydrogens (tertiary/aromatic N) is 2. The van der Waals surface area contributed by atoms with Crippen molar-refractivity contribution in [2.24, 2.45) is 0 Å². The predicted molar refractivity (Wildman–Crippen MR) is 109 cm³/mol. The van der Waals surface area contributed by atoms with Crippen molar-refractivity contribution >= 4 is 28.3 Å². The molecular formula is C22H18ClN3. The minimum atomic E-state index is 0.687. The largest absolute Gasteiger partial charge is 0.369 e. The van der Waals surface area contributed by atoms with Gasteiger partial charge in [-0.15, -0.1) is 0 Å². The number of rotatable bonds is 5. The summed E-state index contributed by atoms with van der Waals surface area (Å²) < 4.78 is 0. The molecule has 4 aromatic rings. The van der Waals surface area contributed by atoms with Gasteiger partial charge in [-0.2, -0.15) is 0 Å². The topological polar surface area (TPSA) is 37.8 Å². The highest BCUT2D eigenvalue weighted by Crippen LogP contribution is 2.23. The fraction of sp³-hybridized carbons (Fsp3) is 0.0909. The molecule has 0 aliphatic heterocycles. The molecule has 0 amide bonds. The van der Waals surface area contributed by atoms with Crippen molar-refractivity contribution in [2.75, 3.05) is 11.9 Å². The number of hydrogen-bond donors (Lipinski definition) is 1. The van der Waals surface area contributed by atoms with Gasteiger partial charge in [0, 0.05) is 17.0 Å². The third kappa shape index (κ3) is 3.68. The van der Waals surface area contributed by atoms with E-state index in [0.29, 0.717) is 5.02 Å². The van der Waals surface area contributed by atoms with Crippen LogP contribution >= 0.6 is 11.6 Å². The van der Waals surface area contributed by atoms with Crippen molar-refractivity contribution in [1.82, 2.24) is 9.97 Å². The third-order valence-electron chi connectivity index (χ3n) is 4.36. The molecule has 4 rings (SSSR count). The molecule has 0 saturated carbocycles. The van der Waals surface area contributed by atoms with Crippen LogP contribution < -0.4 is 5.32 Å². The Kier molecular flexibility index (Phi) is 4.80. The van der Waals surface area contributed by atoms with E-state index >= 15 is 0 Å². The van der Waals surface area contributed by atoms with Crippen LogP contribution in [-0.2, 0) is 6.42 Å². The van der Waals surface area contributed by atoms with Crippen LogP contribution in [0.25, 0.3) is 22.0 Å². The molecule has 0 atom stereocenters. The van der Waals surface area contributed by atoms with Crippen LogP contribution in [0.3, 0.4) is 0 Å². The van der Waals surface area contributed by atoms with Crippen molar-refractivity contribution in [3.05, 3.63) is 89.7 Å².